The maximum absolute atomic E-state index is 8.96. The number of aliphatic hydroxyl groups excluding tert-OH is 1. The Morgan fingerprint density at radius 1 is 1.15 bits per heavy atom. The summed E-state index contributed by atoms with van der Waals surface area (Å²) in [5.41, 5.74) is 3.51. The lowest BCUT2D eigenvalue weighted by Crippen LogP contribution is -2.08. The first-order chi connectivity index (χ1) is 12.7. The minimum atomic E-state index is 0.113. The number of aliphatic hydroxyl groups is 1. The Kier molecular flexibility index (Phi) is 5.99. The number of hydrogen-bond acceptors (Lipinski definition) is 6. The third kappa shape index (κ3) is 4.68. The van der Waals surface area contributed by atoms with Crippen molar-refractivity contribution in [2.45, 2.75) is 13.3 Å². The molecule has 3 rings (SSSR count). The second-order valence-corrected chi connectivity index (χ2v) is 6.20. The van der Waals surface area contributed by atoms with E-state index in [0.29, 0.717) is 29.8 Å². The van der Waals surface area contributed by atoms with Gasteiger partial charge in [-0.3, -0.25) is 4.98 Å². The van der Waals surface area contributed by atoms with Crippen molar-refractivity contribution in [1.82, 2.24) is 15.0 Å². The highest BCUT2D eigenvalue weighted by atomic mass is 35.5. The fourth-order valence-corrected chi connectivity index (χ4v) is 2.53. The van der Waals surface area contributed by atoms with Gasteiger partial charge in [-0.05, 0) is 43.2 Å². The van der Waals surface area contributed by atoms with Crippen LogP contribution in [0.3, 0.4) is 0 Å². The molecule has 0 bridgehead atoms. The summed E-state index contributed by atoms with van der Waals surface area (Å²) in [6, 6.07) is 11.4. The Labute approximate surface area is 157 Å². The molecule has 0 amide bonds. The number of nitrogens with one attached hydrogen (secondary N) is 2. The molecule has 3 N–H and O–H groups in total. The van der Waals surface area contributed by atoms with E-state index >= 15 is 0 Å². The van der Waals surface area contributed by atoms with E-state index in [-0.39, 0.29) is 6.61 Å². The average molecular weight is 370 g/mol. The molecule has 0 aliphatic carbocycles. The monoisotopic (exact) mass is 369 g/mol. The van der Waals surface area contributed by atoms with E-state index in [4.69, 9.17) is 16.7 Å². The first kappa shape index (κ1) is 18.1. The zero-order chi connectivity index (χ0) is 18.4. The maximum Gasteiger partial charge on any atom is 0.225 e. The SMILES string of the molecule is Cc1ccc(Nc2cc(-c3cccnc3)nc(NCCCO)n2)cc1Cl. The smallest absolute Gasteiger partial charge is 0.225 e. The Bertz CT molecular complexity index is 873. The van der Waals surface area contributed by atoms with Crippen molar-refractivity contribution in [3.63, 3.8) is 0 Å². The Hall–Kier alpha value is -2.70. The molecular formula is C19H20ClN5O. The number of hydrogen-bond donors (Lipinski definition) is 3. The number of aryl methyl sites for hydroxylation is 1. The number of halogens is 1. The fraction of sp³-hybridized carbons (Fsp3) is 0.211. The molecule has 26 heavy (non-hydrogen) atoms. The van der Waals surface area contributed by atoms with Crippen molar-refractivity contribution in [2.75, 3.05) is 23.8 Å². The number of anilines is 3. The zero-order valence-corrected chi connectivity index (χ0v) is 15.2. The topological polar surface area (TPSA) is 83.0 Å². The summed E-state index contributed by atoms with van der Waals surface area (Å²) in [6.45, 7) is 2.66. The van der Waals surface area contributed by atoms with Crippen LogP contribution in [-0.4, -0.2) is 33.2 Å². The van der Waals surface area contributed by atoms with Crippen LogP contribution >= 0.6 is 11.6 Å². The highest BCUT2D eigenvalue weighted by Crippen LogP contribution is 2.25. The van der Waals surface area contributed by atoms with Gasteiger partial charge >= 0.3 is 0 Å². The molecule has 2 heterocycles. The first-order valence-electron chi connectivity index (χ1n) is 8.33. The highest BCUT2D eigenvalue weighted by molar-refractivity contribution is 6.31. The fourth-order valence-electron chi connectivity index (χ4n) is 2.35. The second kappa shape index (κ2) is 8.60. The molecule has 0 unspecified atom stereocenters. The minimum Gasteiger partial charge on any atom is -0.396 e. The van der Waals surface area contributed by atoms with Gasteiger partial charge in [-0.1, -0.05) is 17.7 Å². The second-order valence-electron chi connectivity index (χ2n) is 5.80. The van der Waals surface area contributed by atoms with Crippen LogP contribution in [0.15, 0.2) is 48.8 Å². The van der Waals surface area contributed by atoms with Crippen LogP contribution < -0.4 is 10.6 Å². The van der Waals surface area contributed by atoms with E-state index in [2.05, 4.69) is 25.6 Å². The molecule has 0 radical (unpaired) electrons. The quantitative estimate of drug-likeness (QED) is 0.545. The Balaban J connectivity index is 1.91. The molecule has 0 atom stereocenters. The molecule has 7 heteroatoms. The third-order valence-corrected chi connectivity index (χ3v) is 4.15. The number of aromatic nitrogens is 3. The summed E-state index contributed by atoms with van der Waals surface area (Å²) in [4.78, 5) is 13.2. The van der Waals surface area contributed by atoms with Crippen LogP contribution in [0.4, 0.5) is 17.5 Å². The molecular weight excluding hydrogens is 350 g/mol. The van der Waals surface area contributed by atoms with Gasteiger partial charge < -0.3 is 15.7 Å². The molecule has 0 saturated carbocycles. The first-order valence-corrected chi connectivity index (χ1v) is 8.71. The number of benzene rings is 1. The number of pyridine rings is 1. The summed E-state index contributed by atoms with van der Waals surface area (Å²) >= 11 is 6.21. The van der Waals surface area contributed by atoms with Gasteiger partial charge in [0.05, 0.1) is 5.69 Å². The van der Waals surface area contributed by atoms with E-state index in [1.165, 1.54) is 0 Å². The molecule has 3 aromatic rings. The maximum atomic E-state index is 8.96. The Morgan fingerprint density at radius 2 is 2.04 bits per heavy atom. The number of rotatable bonds is 7. The van der Waals surface area contributed by atoms with Crippen molar-refractivity contribution in [2.24, 2.45) is 0 Å². The van der Waals surface area contributed by atoms with E-state index in [1.807, 2.05) is 43.3 Å². The largest absolute Gasteiger partial charge is 0.396 e. The minimum absolute atomic E-state index is 0.113. The van der Waals surface area contributed by atoms with Crippen molar-refractivity contribution in [1.29, 1.82) is 0 Å². The van der Waals surface area contributed by atoms with Crippen LogP contribution in [0.25, 0.3) is 11.3 Å². The van der Waals surface area contributed by atoms with Crippen LogP contribution in [0.5, 0.6) is 0 Å². The van der Waals surface area contributed by atoms with Crippen molar-refractivity contribution in [3.8, 4) is 11.3 Å². The van der Waals surface area contributed by atoms with Crippen molar-refractivity contribution < 1.29 is 5.11 Å². The van der Waals surface area contributed by atoms with Gasteiger partial charge in [-0.15, -0.1) is 0 Å². The molecule has 0 aliphatic heterocycles. The summed E-state index contributed by atoms with van der Waals surface area (Å²) in [5.74, 6) is 1.13. The van der Waals surface area contributed by atoms with E-state index in [9.17, 15) is 0 Å². The molecule has 0 aliphatic rings. The average Bonchev–Trinajstić information content (AvgIpc) is 2.66. The van der Waals surface area contributed by atoms with Gasteiger partial charge in [0, 0.05) is 47.9 Å². The van der Waals surface area contributed by atoms with E-state index in [1.54, 1.807) is 12.4 Å². The predicted molar refractivity (Wildman–Crippen MR) is 105 cm³/mol. The van der Waals surface area contributed by atoms with Crippen molar-refractivity contribution >= 4 is 29.1 Å². The standard InChI is InChI=1S/C19H20ClN5O/c1-13-5-6-15(10-16(13)20)23-18-11-17(14-4-2-7-21-12-14)24-19(25-18)22-8-3-9-26/h2,4-7,10-12,26H,3,8-9H2,1H3,(H2,22,23,24,25). The van der Waals surface area contributed by atoms with Gasteiger partial charge in [-0.2, -0.15) is 4.98 Å². The number of nitrogens with zero attached hydrogens (tertiary/aromatic N) is 3. The normalized spacial score (nSPS) is 10.6. The Morgan fingerprint density at radius 3 is 2.77 bits per heavy atom. The van der Waals surface area contributed by atoms with Gasteiger partial charge in [-0.25, -0.2) is 4.98 Å². The molecule has 0 saturated heterocycles. The van der Waals surface area contributed by atoms with Crippen LogP contribution in [0, 0.1) is 6.92 Å². The summed E-state index contributed by atoms with van der Waals surface area (Å²) in [6.07, 6.45) is 4.10. The third-order valence-electron chi connectivity index (χ3n) is 3.75. The van der Waals surface area contributed by atoms with Gasteiger partial charge in [0.1, 0.15) is 5.82 Å². The van der Waals surface area contributed by atoms with Gasteiger partial charge in [0.15, 0.2) is 0 Å². The lowest BCUT2D eigenvalue weighted by atomic mass is 10.2. The summed E-state index contributed by atoms with van der Waals surface area (Å²) < 4.78 is 0. The zero-order valence-electron chi connectivity index (χ0n) is 14.4. The van der Waals surface area contributed by atoms with Crippen molar-refractivity contribution in [3.05, 3.63) is 59.4 Å². The predicted octanol–water partition coefficient (Wildman–Crippen LogP) is 4.04. The molecule has 2 aromatic heterocycles. The summed E-state index contributed by atoms with van der Waals surface area (Å²) in [5, 5.41) is 16.1. The molecule has 1 aromatic carbocycles. The lowest BCUT2D eigenvalue weighted by Gasteiger charge is -2.12. The highest BCUT2D eigenvalue weighted by Gasteiger charge is 2.08. The molecule has 134 valence electrons. The van der Waals surface area contributed by atoms with E-state index in [0.717, 1.165) is 22.5 Å². The molecule has 0 fully saturated rings. The lowest BCUT2D eigenvalue weighted by molar-refractivity contribution is 0.292. The summed E-state index contributed by atoms with van der Waals surface area (Å²) in [7, 11) is 0. The molecule has 6 nitrogen and oxygen atoms in total. The van der Waals surface area contributed by atoms with Crippen LogP contribution in [0.1, 0.15) is 12.0 Å². The van der Waals surface area contributed by atoms with Gasteiger partial charge in [0.2, 0.25) is 5.95 Å². The van der Waals surface area contributed by atoms with Crippen LogP contribution in [0.2, 0.25) is 5.02 Å². The van der Waals surface area contributed by atoms with Crippen LogP contribution in [-0.2, 0) is 0 Å². The van der Waals surface area contributed by atoms with Gasteiger partial charge in [0.25, 0.3) is 0 Å². The molecule has 0 spiro atoms. The van der Waals surface area contributed by atoms with E-state index < -0.39 is 0 Å².